The molecule has 0 rings (SSSR count). The van der Waals surface area contributed by atoms with E-state index in [4.69, 9.17) is 0 Å². The van der Waals surface area contributed by atoms with Crippen molar-refractivity contribution in [3.05, 3.63) is 0 Å². The average molecular weight is 212 g/mol. The van der Waals surface area contributed by atoms with Crippen LogP contribution < -0.4 is 0 Å². The van der Waals surface area contributed by atoms with Gasteiger partial charge in [-0.05, 0) is 0 Å². The van der Waals surface area contributed by atoms with Gasteiger partial charge in [-0.1, -0.05) is 0 Å². The Morgan fingerprint density at radius 3 is 0.833 bits per heavy atom. The van der Waals surface area contributed by atoms with E-state index in [2.05, 4.69) is 34.6 Å². The van der Waals surface area contributed by atoms with Crippen LogP contribution in [0.25, 0.3) is 0 Å². The summed E-state index contributed by atoms with van der Waals surface area (Å²) in [5, 5.41) is 4.60. The summed E-state index contributed by atoms with van der Waals surface area (Å²) in [6.45, 7) is 10.6. The molecule has 12 heavy (non-hydrogen) atoms. The monoisotopic (exact) mass is 212 g/mol. The van der Waals surface area contributed by atoms with Crippen LogP contribution in [0.15, 0.2) is 0 Å². The van der Waals surface area contributed by atoms with E-state index in [0.29, 0.717) is 0 Å². The molecular formula is C10H25OV. The van der Waals surface area contributed by atoms with E-state index >= 15 is 0 Å². The van der Waals surface area contributed by atoms with Gasteiger partial charge in [0.05, 0.1) is 0 Å². The average Bonchev–Trinajstić information content (AvgIpc) is 2.19. The molecule has 0 atom stereocenters. The van der Waals surface area contributed by atoms with Gasteiger partial charge in [0, 0.05) is 0 Å². The second kappa shape index (κ2) is 2.95. The molecule has 76 valence electrons. The van der Waals surface area contributed by atoms with Crippen molar-refractivity contribution < 1.29 is 15.4 Å². The van der Waals surface area contributed by atoms with Gasteiger partial charge in [0.15, 0.2) is 0 Å². The Morgan fingerprint density at radius 1 is 0.667 bits per heavy atom. The fourth-order valence-corrected chi connectivity index (χ4v) is 9.22. The zero-order valence-electron chi connectivity index (χ0n) is 9.39. The molecule has 0 saturated carbocycles. The first-order chi connectivity index (χ1) is 5.39. The van der Waals surface area contributed by atoms with Crippen LogP contribution in [0.5, 0.6) is 0 Å². The third kappa shape index (κ3) is 1.42. The molecule has 0 amide bonds. The van der Waals surface area contributed by atoms with Gasteiger partial charge in [-0.25, -0.2) is 0 Å². The quantitative estimate of drug-likeness (QED) is 0.642. The molecule has 2 heteroatoms. The van der Waals surface area contributed by atoms with E-state index in [1.807, 2.05) is 0 Å². The van der Waals surface area contributed by atoms with E-state index in [1.54, 1.807) is 0 Å². The summed E-state index contributed by atoms with van der Waals surface area (Å²) >= 11 is -3.59. The third-order valence-electron chi connectivity index (χ3n) is 5.12. The molecular weight excluding hydrogens is 187 g/mol. The van der Waals surface area contributed by atoms with E-state index in [1.165, 1.54) is 0 Å². The van der Waals surface area contributed by atoms with Crippen LogP contribution in [0.1, 0.15) is 34.6 Å². The molecule has 0 aromatic heterocycles. The number of rotatable bonds is 5. The van der Waals surface area contributed by atoms with Crippen LogP contribution in [-0.2, 0) is 15.4 Å². The summed E-state index contributed by atoms with van der Waals surface area (Å²) in [5.41, 5.74) is 0. The first-order valence-electron chi connectivity index (χ1n) is 5.30. The van der Waals surface area contributed by atoms with Crippen molar-refractivity contribution >= 4 is 0 Å². The molecule has 0 aliphatic heterocycles. The van der Waals surface area contributed by atoms with Crippen molar-refractivity contribution in [2.24, 2.45) is 0 Å². The normalized spacial score (nSPS) is 18.4. The van der Waals surface area contributed by atoms with Crippen LogP contribution in [-0.4, -0.2) is 0 Å². The van der Waals surface area contributed by atoms with Gasteiger partial charge in [0.25, 0.3) is 0 Å². The van der Waals surface area contributed by atoms with E-state index in [-0.39, 0.29) is 0 Å². The molecule has 0 radical (unpaired) electrons. The van der Waals surface area contributed by atoms with Crippen LogP contribution in [0, 0.1) is 0 Å². The van der Waals surface area contributed by atoms with Gasteiger partial charge in [0.1, 0.15) is 0 Å². The molecule has 0 saturated heterocycles. The van der Waals surface area contributed by atoms with E-state index < -0.39 is 11.7 Å². The number of hydrogen-bond donors (Lipinski definition) is 0. The SMILES string of the molecule is C[CH2][V](=[O])([CH2]C)([CH2]C)([CH2]C)[CH2]C. The zero-order valence-corrected chi connectivity index (χ0v) is 10.8. The maximum absolute atomic E-state index is 13.3. The topological polar surface area (TPSA) is 17.1 Å². The van der Waals surface area contributed by atoms with Gasteiger partial charge in [-0.3, -0.25) is 0 Å². The maximum atomic E-state index is 13.3. The van der Waals surface area contributed by atoms with Crippen molar-refractivity contribution in [2.75, 3.05) is 0 Å². The van der Waals surface area contributed by atoms with Crippen LogP contribution in [0.2, 0.25) is 25.7 Å². The Labute approximate surface area is 75.9 Å². The second-order valence-electron chi connectivity index (χ2n) is 4.46. The molecule has 1 nitrogen and oxygen atoms in total. The van der Waals surface area contributed by atoms with Crippen molar-refractivity contribution in [2.45, 2.75) is 60.3 Å². The van der Waals surface area contributed by atoms with Gasteiger partial charge >= 0.3 is 75.7 Å². The van der Waals surface area contributed by atoms with Gasteiger partial charge in [-0.2, -0.15) is 0 Å². The van der Waals surface area contributed by atoms with Crippen LogP contribution >= 0.6 is 0 Å². The van der Waals surface area contributed by atoms with Crippen LogP contribution in [0.3, 0.4) is 0 Å². The van der Waals surface area contributed by atoms with Crippen molar-refractivity contribution in [3.63, 3.8) is 0 Å². The summed E-state index contributed by atoms with van der Waals surface area (Å²) in [6.07, 6.45) is 0. The molecule has 0 unspecified atom stereocenters. The molecule has 0 aliphatic rings. The van der Waals surface area contributed by atoms with Crippen molar-refractivity contribution in [3.8, 4) is 0 Å². The van der Waals surface area contributed by atoms with Crippen LogP contribution in [0.4, 0.5) is 0 Å². The fourth-order valence-electron chi connectivity index (χ4n) is 2.24. The summed E-state index contributed by atoms with van der Waals surface area (Å²) < 4.78 is 13.3. The minimum atomic E-state index is -3.59. The molecule has 0 spiro atoms. The fraction of sp³-hybridized carbons (Fsp3) is 1.00. The zero-order chi connectivity index (χ0) is 9.94. The molecule has 0 aromatic carbocycles. The van der Waals surface area contributed by atoms with E-state index in [9.17, 15) is 3.67 Å². The molecule has 0 bridgehead atoms. The predicted octanol–water partition coefficient (Wildman–Crippen LogP) is 4.75. The standard InChI is InChI=1S/5C2H5.O.V/c5*1-2;;/h5*1H2,2H3;;. The molecule has 0 aromatic rings. The Balaban J connectivity index is 5.46. The van der Waals surface area contributed by atoms with Gasteiger partial charge in [0.2, 0.25) is 0 Å². The molecule has 0 aliphatic carbocycles. The second-order valence-corrected chi connectivity index (χ2v) is 18.4. The summed E-state index contributed by atoms with van der Waals surface area (Å²) in [5.74, 6) is 0. The Kier molecular flexibility index (Phi) is 3.05. The summed E-state index contributed by atoms with van der Waals surface area (Å²) in [4.78, 5) is 0. The summed E-state index contributed by atoms with van der Waals surface area (Å²) in [6, 6.07) is 0. The molecule has 0 heterocycles. The third-order valence-corrected chi connectivity index (χ3v) is 21.1. The molecule has 0 fully saturated rings. The minimum absolute atomic E-state index is 0.920. The Morgan fingerprint density at radius 2 is 0.833 bits per heavy atom. The van der Waals surface area contributed by atoms with Crippen molar-refractivity contribution in [1.82, 2.24) is 0 Å². The predicted molar refractivity (Wildman–Crippen MR) is 53.1 cm³/mol. The molecule has 0 N–H and O–H groups in total. The van der Waals surface area contributed by atoms with Gasteiger partial charge in [-0.15, -0.1) is 0 Å². The van der Waals surface area contributed by atoms with Crippen molar-refractivity contribution in [1.29, 1.82) is 0 Å². The van der Waals surface area contributed by atoms with E-state index in [0.717, 1.165) is 25.7 Å². The van der Waals surface area contributed by atoms with Gasteiger partial charge < -0.3 is 0 Å². The summed E-state index contributed by atoms with van der Waals surface area (Å²) in [7, 11) is 0. The number of hydrogen-bond acceptors (Lipinski definition) is 1. The first-order valence-corrected chi connectivity index (χ1v) is 10.8. The Bertz CT molecular complexity index is 176. The Hall–Kier alpha value is 0.384. The first kappa shape index (κ1) is 12.4.